The topological polar surface area (TPSA) is 0 Å². The molecule has 0 unspecified atom stereocenters. The standard InChI is InChI=1S/Al.Cu.H3Si.Sr.5H/h;;1H3;;;;;;. The van der Waals surface area contributed by atoms with Gasteiger partial charge in [0, 0.05) is 0 Å². The molecule has 0 rings (SSSR count). The molecule has 4 heavy (non-hydrogen) atoms. The zero-order valence-corrected chi connectivity index (χ0v) is 4.24. The predicted molar refractivity (Wildman–Crippen MR) is 28.4 cm³/mol. The zero-order valence-electron chi connectivity index (χ0n) is 1.30. The quantitative estimate of drug-likeness (QED) is 0.371. The SMILES string of the molecule is [AlH3].[SiH3][Cu].[SrH2]. The van der Waals surface area contributed by atoms with Gasteiger partial charge in [0.15, 0.2) is 17.4 Å². The van der Waals surface area contributed by atoms with E-state index in [1.807, 2.05) is 0 Å². The van der Waals surface area contributed by atoms with Crippen LogP contribution in [0.25, 0.3) is 0 Å². The summed E-state index contributed by atoms with van der Waals surface area (Å²) in [6.07, 6.45) is 0. The molecule has 0 saturated carbocycles. The molecular weight excluding hydrogens is 206 g/mol. The summed E-state index contributed by atoms with van der Waals surface area (Å²) in [6, 6.07) is 0. The van der Waals surface area contributed by atoms with Gasteiger partial charge >= 0.3 is 69.7 Å². The van der Waals surface area contributed by atoms with Crippen molar-refractivity contribution in [1.82, 2.24) is 0 Å². The average molecular weight is 214 g/mol. The summed E-state index contributed by atoms with van der Waals surface area (Å²) in [7, 11) is 0.868. The van der Waals surface area contributed by atoms with E-state index in [1.165, 1.54) is 0 Å². The summed E-state index contributed by atoms with van der Waals surface area (Å²) in [5.41, 5.74) is 0. The monoisotopic (exact) mass is 214 g/mol. The second-order valence-corrected chi connectivity index (χ2v) is 0. The van der Waals surface area contributed by atoms with Crippen LogP contribution in [0.2, 0.25) is 0 Å². The van der Waals surface area contributed by atoms with E-state index in [-0.39, 0.29) is 62.8 Å². The van der Waals surface area contributed by atoms with Crippen LogP contribution >= 0.6 is 0 Å². The number of hydrogen-bond donors (Lipinski definition) is 0. The molecule has 0 N–H and O–H groups in total. The molecule has 4 heteroatoms. The van der Waals surface area contributed by atoms with Crippen LogP contribution < -0.4 is 0 Å². The van der Waals surface area contributed by atoms with Crippen molar-refractivity contribution < 1.29 is 15.4 Å². The molecule has 0 heterocycles. The van der Waals surface area contributed by atoms with Gasteiger partial charge in [0.25, 0.3) is 0 Å². The molecule has 0 spiro atoms. The van der Waals surface area contributed by atoms with Crippen molar-refractivity contribution >= 4 is 71.7 Å². The van der Waals surface area contributed by atoms with Crippen LogP contribution in [0.5, 0.6) is 0 Å². The molecular formula is H8AlCuSiSr. The summed E-state index contributed by atoms with van der Waals surface area (Å²) >= 11 is 4.33. The molecule has 0 aromatic rings. The second kappa shape index (κ2) is 17.2. The Labute approximate surface area is 85.2 Å². The van der Waals surface area contributed by atoms with Crippen molar-refractivity contribution in [2.24, 2.45) is 0 Å². The van der Waals surface area contributed by atoms with Crippen LogP contribution in [0.4, 0.5) is 0 Å². The Hall–Kier alpha value is 2.75. The molecule has 0 aliphatic carbocycles. The summed E-state index contributed by atoms with van der Waals surface area (Å²) in [5.74, 6) is 0. The third-order valence-corrected chi connectivity index (χ3v) is 0. The fraction of sp³-hybridized carbons (Fsp3) is 0. The van der Waals surface area contributed by atoms with Crippen molar-refractivity contribution in [2.45, 2.75) is 0 Å². The fourth-order valence-corrected chi connectivity index (χ4v) is 0. The third kappa shape index (κ3) is 8.83. The summed E-state index contributed by atoms with van der Waals surface area (Å²) < 4.78 is 0. The van der Waals surface area contributed by atoms with Crippen molar-refractivity contribution in [3.63, 3.8) is 0 Å². The van der Waals surface area contributed by atoms with Gasteiger partial charge in [-0.15, -0.1) is 0 Å². The van der Waals surface area contributed by atoms with Crippen LogP contribution in [-0.4, -0.2) is 71.7 Å². The molecule has 0 aliphatic rings. The van der Waals surface area contributed by atoms with Gasteiger partial charge in [0.05, 0.1) is 0 Å². The van der Waals surface area contributed by atoms with Gasteiger partial charge < -0.3 is 0 Å². The molecule has 0 aliphatic heterocycles. The molecule has 0 radical (unpaired) electrons. The minimum absolute atomic E-state index is 0. The van der Waals surface area contributed by atoms with Crippen molar-refractivity contribution in [2.75, 3.05) is 0 Å². The Morgan fingerprint density at radius 3 is 1.25 bits per heavy atom. The van der Waals surface area contributed by atoms with Crippen LogP contribution in [0.15, 0.2) is 0 Å². The Morgan fingerprint density at radius 1 is 1.25 bits per heavy atom. The summed E-state index contributed by atoms with van der Waals surface area (Å²) in [4.78, 5) is 0. The minimum atomic E-state index is 0. The van der Waals surface area contributed by atoms with E-state index in [9.17, 15) is 0 Å². The zero-order chi connectivity index (χ0) is 2.00. The van der Waals surface area contributed by atoms with Gasteiger partial charge in [-0.05, 0) is 0 Å². The van der Waals surface area contributed by atoms with E-state index in [4.69, 9.17) is 0 Å². The Balaban J connectivity index is -0.00000000500. The normalized spacial score (nSPS) is 2.50. The molecule has 0 fully saturated rings. The van der Waals surface area contributed by atoms with Crippen molar-refractivity contribution in [3.8, 4) is 0 Å². The Kier molecular flexibility index (Phi) is 68.1. The molecule has 0 aromatic heterocycles. The average Bonchev–Trinajstić information content (AvgIpc) is 1.00. The maximum atomic E-state index is 4.33. The van der Waals surface area contributed by atoms with Crippen LogP contribution in [0.1, 0.15) is 0 Å². The van der Waals surface area contributed by atoms with Gasteiger partial charge in [-0.3, -0.25) is 0 Å². The van der Waals surface area contributed by atoms with E-state index >= 15 is 0 Å². The summed E-state index contributed by atoms with van der Waals surface area (Å²) in [5, 5.41) is 0. The molecule has 0 saturated heterocycles. The maximum absolute atomic E-state index is 4.33. The fourth-order valence-electron chi connectivity index (χ4n) is 0. The van der Waals surface area contributed by atoms with Crippen LogP contribution in [0.3, 0.4) is 0 Å². The predicted octanol–water partition coefficient (Wildman–Crippen LogP) is -3.29. The first-order chi connectivity index (χ1) is 1.00. The van der Waals surface area contributed by atoms with E-state index in [0.29, 0.717) is 0 Å². The number of hydrogen-bond acceptors (Lipinski definition) is 0. The van der Waals surface area contributed by atoms with E-state index in [2.05, 4.69) is 15.4 Å². The van der Waals surface area contributed by atoms with Gasteiger partial charge in [-0.25, -0.2) is 0 Å². The molecule has 0 aromatic carbocycles. The van der Waals surface area contributed by atoms with Crippen molar-refractivity contribution in [3.05, 3.63) is 0 Å². The first kappa shape index (κ1) is 15.9. The first-order valence-corrected chi connectivity index (χ1v) is 3.73. The summed E-state index contributed by atoms with van der Waals surface area (Å²) in [6.45, 7) is 0. The molecule has 0 amide bonds. The third-order valence-electron chi connectivity index (χ3n) is 0. The van der Waals surface area contributed by atoms with Crippen LogP contribution in [0, 0.1) is 0 Å². The van der Waals surface area contributed by atoms with Gasteiger partial charge in [-0.2, -0.15) is 0 Å². The van der Waals surface area contributed by atoms with Gasteiger partial charge in [0.1, 0.15) is 0 Å². The number of rotatable bonds is 0. The first-order valence-electron chi connectivity index (χ1n) is 0.302. The molecule has 0 atom stereocenters. The van der Waals surface area contributed by atoms with Gasteiger partial charge in [0.2, 0.25) is 0 Å². The van der Waals surface area contributed by atoms with Crippen molar-refractivity contribution in [1.29, 1.82) is 0 Å². The van der Waals surface area contributed by atoms with E-state index in [1.54, 1.807) is 0 Å². The molecule has 28 valence electrons. The molecule has 0 nitrogen and oxygen atoms in total. The van der Waals surface area contributed by atoms with Gasteiger partial charge in [-0.1, -0.05) is 0 Å². The Bertz CT molecular complexity index is 8.00. The Morgan fingerprint density at radius 2 is 1.25 bits per heavy atom. The van der Waals surface area contributed by atoms with E-state index in [0.717, 1.165) is 8.85 Å². The van der Waals surface area contributed by atoms with E-state index < -0.39 is 0 Å². The molecule has 0 bridgehead atoms. The second-order valence-electron chi connectivity index (χ2n) is 0. The van der Waals surface area contributed by atoms with Crippen LogP contribution in [-0.2, 0) is 15.4 Å².